The number of carbonyl (C=O) groups excluding carboxylic acids is 1. The van der Waals surface area contributed by atoms with Gasteiger partial charge in [-0.2, -0.15) is 0 Å². The van der Waals surface area contributed by atoms with Crippen molar-refractivity contribution < 1.29 is 9.53 Å². The molecular weight excluding hydrogens is 368 g/mol. The first-order valence-corrected chi connectivity index (χ1v) is 10.0. The van der Waals surface area contributed by atoms with Gasteiger partial charge in [-0.1, -0.05) is 29.8 Å². The topological polar surface area (TPSA) is 87.3 Å². The van der Waals surface area contributed by atoms with Crippen LogP contribution in [0.2, 0.25) is 0 Å². The van der Waals surface area contributed by atoms with Crippen LogP contribution in [0.25, 0.3) is 11.4 Å². The number of fused-ring (bicyclic) bond motifs is 1. The molecule has 2 N–H and O–H groups in total. The summed E-state index contributed by atoms with van der Waals surface area (Å²) in [6, 6.07) is 7.86. The molecule has 0 bridgehead atoms. The number of aromatic amines is 1. The van der Waals surface area contributed by atoms with Crippen molar-refractivity contribution in [1.82, 2.24) is 20.2 Å². The highest BCUT2D eigenvalue weighted by molar-refractivity contribution is 5.68. The summed E-state index contributed by atoms with van der Waals surface area (Å²) in [6.07, 6.45) is 0.226. The highest BCUT2D eigenvalue weighted by atomic mass is 16.6. The molecule has 0 saturated heterocycles. The minimum Gasteiger partial charge on any atom is -0.444 e. The summed E-state index contributed by atoms with van der Waals surface area (Å²) in [5, 5.41) is 2.87. The molecule has 0 radical (unpaired) electrons. The average molecular weight is 399 g/mol. The maximum absolute atomic E-state index is 12.5. The van der Waals surface area contributed by atoms with Crippen LogP contribution in [0.5, 0.6) is 0 Å². The molecule has 1 atom stereocenters. The number of rotatable bonds is 4. The summed E-state index contributed by atoms with van der Waals surface area (Å²) >= 11 is 0. The van der Waals surface area contributed by atoms with Crippen molar-refractivity contribution in [2.75, 3.05) is 13.1 Å². The molecule has 1 aromatic carbocycles. The average Bonchev–Trinajstić information content (AvgIpc) is 2.60. The van der Waals surface area contributed by atoms with Gasteiger partial charge in [0.25, 0.3) is 5.56 Å². The van der Waals surface area contributed by atoms with Gasteiger partial charge in [0.05, 0.1) is 5.69 Å². The summed E-state index contributed by atoms with van der Waals surface area (Å²) in [7, 11) is 0. The molecule has 7 nitrogen and oxygen atoms in total. The minimum absolute atomic E-state index is 0.0647. The number of ether oxygens (including phenoxy) is 1. The lowest BCUT2D eigenvalue weighted by Crippen LogP contribution is -2.46. The smallest absolute Gasteiger partial charge is 0.407 e. The van der Waals surface area contributed by atoms with Gasteiger partial charge in [-0.25, -0.2) is 9.78 Å². The van der Waals surface area contributed by atoms with E-state index in [0.717, 1.165) is 28.9 Å². The van der Waals surface area contributed by atoms with E-state index in [1.807, 2.05) is 58.9 Å². The monoisotopic (exact) mass is 398 g/mol. The fourth-order valence-electron chi connectivity index (χ4n) is 3.44. The number of benzene rings is 1. The molecule has 1 aromatic heterocycles. The lowest BCUT2D eigenvalue weighted by atomic mass is 10.1. The van der Waals surface area contributed by atoms with Crippen LogP contribution >= 0.6 is 0 Å². The van der Waals surface area contributed by atoms with Crippen molar-refractivity contribution in [3.05, 3.63) is 51.4 Å². The van der Waals surface area contributed by atoms with Crippen molar-refractivity contribution in [2.24, 2.45) is 0 Å². The second-order valence-electron chi connectivity index (χ2n) is 8.74. The molecule has 1 aliphatic heterocycles. The maximum Gasteiger partial charge on any atom is 0.407 e. The molecule has 2 aromatic rings. The van der Waals surface area contributed by atoms with Crippen molar-refractivity contribution >= 4 is 6.09 Å². The van der Waals surface area contributed by atoms with E-state index in [0.29, 0.717) is 25.3 Å². The number of nitrogens with zero attached hydrogens (tertiary/aromatic N) is 2. The van der Waals surface area contributed by atoms with Gasteiger partial charge >= 0.3 is 6.09 Å². The Morgan fingerprint density at radius 2 is 2.00 bits per heavy atom. The second kappa shape index (κ2) is 8.37. The number of alkyl carbamates (subject to hydrolysis) is 1. The van der Waals surface area contributed by atoms with Crippen LogP contribution in [0.15, 0.2) is 29.1 Å². The zero-order chi connectivity index (χ0) is 21.2. The number of hydrogen-bond donors (Lipinski definition) is 2. The molecule has 3 rings (SSSR count). The fourth-order valence-corrected chi connectivity index (χ4v) is 3.44. The zero-order valence-electron chi connectivity index (χ0n) is 17.8. The van der Waals surface area contributed by atoms with Crippen molar-refractivity contribution in [2.45, 2.75) is 59.2 Å². The molecule has 0 spiro atoms. The van der Waals surface area contributed by atoms with Crippen molar-refractivity contribution in [3.8, 4) is 11.4 Å². The van der Waals surface area contributed by atoms with E-state index in [9.17, 15) is 9.59 Å². The van der Waals surface area contributed by atoms with E-state index < -0.39 is 11.7 Å². The predicted molar refractivity (Wildman–Crippen MR) is 113 cm³/mol. The normalized spacial score (nSPS) is 15.5. The number of aryl methyl sites for hydroxylation is 1. The Kier molecular flexibility index (Phi) is 6.07. The lowest BCUT2D eigenvalue weighted by Gasteiger charge is -2.30. The Balaban J connectivity index is 1.69. The Bertz CT molecular complexity index is 929. The third-order valence-corrected chi connectivity index (χ3v) is 4.77. The largest absolute Gasteiger partial charge is 0.444 e. The van der Waals surface area contributed by atoms with E-state index in [2.05, 4.69) is 15.2 Å². The summed E-state index contributed by atoms with van der Waals surface area (Å²) in [4.78, 5) is 34.4. The van der Waals surface area contributed by atoms with Gasteiger partial charge in [0, 0.05) is 36.8 Å². The third kappa shape index (κ3) is 5.67. The number of nitrogens with one attached hydrogen (secondary N) is 2. The number of amides is 1. The van der Waals surface area contributed by atoms with Crippen molar-refractivity contribution in [3.63, 3.8) is 0 Å². The second-order valence-corrected chi connectivity index (χ2v) is 8.74. The van der Waals surface area contributed by atoms with Gasteiger partial charge in [0.1, 0.15) is 11.4 Å². The van der Waals surface area contributed by atoms with E-state index in [1.165, 1.54) is 0 Å². The van der Waals surface area contributed by atoms with E-state index in [4.69, 9.17) is 9.72 Å². The summed E-state index contributed by atoms with van der Waals surface area (Å²) in [6.45, 7) is 11.5. The molecule has 1 unspecified atom stereocenters. The third-order valence-electron chi connectivity index (χ3n) is 4.77. The number of aromatic nitrogens is 2. The molecule has 1 amide bonds. The van der Waals surface area contributed by atoms with Crippen LogP contribution in [-0.4, -0.2) is 45.7 Å². The number of carbonyl (C=O) groups is 1. The standard InChI is InChI=1S/C22H30N4O3/c1-14-6-8-16(9-7-14)19-24-18-13-26(11-10-17(18)20(27)25-19)12-15(2)23-21(28)29-22(3,4)5/h6-9,15H,10-13H2,1-5H3,(H,23,28)(H,24,25,27). The summed E-state index contributed by atoms with van der Waals surface area (Å²) in [5.74, 6) is 0.593. The van der Waals surface area contributed by atoms with Gasteiger partial charge in [-0.15, -0.1) is 0 Å². The minimum atomic E-state index is -0.523. The molecule has 29 heavy (non-hydrogen) atoms. The van der Waals surface area contributed by atoms with Gasteiger partial charge in [0.2, 0.25) is 0 Å². The SMILES string of the molecule is Cc1ccc(-c2nc3c(c(=O)[nH]2)CCN(CC(C)NC(=O)OC(C)(C)C)C3)cc1. The first-order chi connectivity index (χ1) is 13.6. The van der Waals surface area contributed by atoms with Crippen LogP contribution < -0.4 is 10.9 Å². The van der Waals surface area contributed by atoms with Crippen molar-refractivity contribution in [1.29, 1.82) is 0 Å². The molecular formula is C22H30N4O3. The lowest BCUT2D eigenvalue weighted by molar-refractivity contribution is 0.0495. The van der Waals surface area contributed by atoms with Gasteiger partial charge < -0.3 is 15.0 Å². The fraction of sp³-hybridized carbons (Fsp3) is 0.500. The zero-order valence-corrected chi connectivity index (χ0v) is 17.8. The van der Waals surface area contributed by atoms with Crippen LogP contribution in [0.4, 0.5) is 4.79 Å². The van der Waals surface area contributed by atoms with Crippen LogP contribution in [0, 0.1) is 6.92 Å². The van der Waals surface area contributed by atoms with E-state index in [1.54, 1.807) is 0 Å². The van der Waals surface area contributed by atoms with E-state index in [-0.39, 0.29) is 11.6 Å². The Labute approximate surface area is 171 Å². The number of H-pyrrole nitrogens is 1. The van der Waals surface area contributed by atoms with E-state index >= 15 is 0 Å². The molecule has 2 heterocycles. The Hall–Kier alpha value is -2.67. The molecule has 0 fully saturated rings. The molecule has 156 valence electrons. The molecule has 1 aliphatic rings. The Morgan fingerprint density at radius 3 is 2.66 bits per heavy atom. The van der Waals surface area contributed by atoms with Gasteiger partial charge in [0.15, 0.2) is 0 Å². The summed E-state index contributed by atoms with van der Waals surface area (Å²) < 4.78 is 5.32. The highest BCUT2D eigenvalue weighted by Crippen LogP contribution is 2.19. The van der Waals surface area contributed by atoms with Crippen LogP contribution in [0.3, 0.4) is 0 Å². The molecule has 0 aliphatic carbocycles. The first-order valence-electron chi connectivity index (χ1n) is 10.0. The quantitative estimate of drug-likeness (QED) is 0.827. The van der Waals surface area contributed by atoms with Gasteiger partial charge in [-0.3, -0.25) is 9.69 Å². The first kappa shape index (κ1) is 21.0. The predicted octanol–water partition coefficient (Wildman–Crippen LogP) is 3.02. The molecule has 7 heteroatoms. The Morgan fingerprint density at radius 1 is 1.31 bits per heavy atom. The van der Waals surface area contributed by atoms with Crippen LogP contribution in [-0.2, 0) is 17.7 Å². The summed E-state index contributed by atoms with van der Waals surface area (Å²) in [5.41, 5.74) is 3.03. The maximum atomic E-state index is 12.5. The highest BCUT2D eigenvalue weighted by Gasteiger charge is 2.24. The van der Waals surface area contributed by atoms with Crippen LogP contribution in [0.1, 0.15) is 44.5 Å². The number of hydrogen-bond acceptors (Lipinski definition) is 5. The molecule has 0 saturated carbocycles. The van der Waals surface area contributed by atoms with Gasteiger partial charge in [-0.05, 0) is 41.0 Å².